The molecule has 5 nitrogen and oxygen atoms in total. The Morgan fingerprint density at radius 2 is 2.04 bits per heavy atom. The van der Waals surface area contributed by atoms with Gasteiger partial charge in [-0.3, -0.25) is 9.59 Å². The number of benzene rings is 1. The van der Waals surface area contributed by atoms with E-state index >= 15 is 0 Å². The summed E-state index contributed by atoms with van der Waals surface area (Å²) in [5, 5.41) is 10.2. The first-order valence-electron chi connectivity index (χ1n) is 8.61. The lowest BCUT2D eigenvalue weighted by atomic mass is 9.91. The number of hydrogen-bond acceptors (Lipinski definition) is 6. The molecular formula is C20H23FO5S. The molecular weight excluding hydrogens is 371 g/mol. The van der Waals surface area contributed by atoms with Crippen LogP contribution < -0.4 is 5.43 Å². The normalized spacial score (nSPS) is 12.2. The third kappa shape index (κ3) is 5.85. The smallest absolute Gasteiger partial charge is 0.306 e. The molecule has 2 aromatic rings. The van der Waals surface area contributed by atoms with Crippen LogP contribution in [-0.2, 0) is 15.3 Å². The van der Waals surface area contributed by atoms with Crippen LogP contribution in [-0.4, -0.2) is 18.2 Å². The molecule has 1 N–H and O–H groups in total. The van der Waals surface area contributed by atoms with Crippen LogP contribution in [0.4, 0.5) is 4.39 Å². The zero-order valence-electron chi connectivity index (χ0n) is 15.5. The first-order valence-corrected chi connectivity index (χ1v) is 9.60. The Morgan fingerprint density at radius 1 is 1.33 bits per heavy atom. The minimum atomic E-state index is -0.584. The molecule has 0 radical (unpaired) electrons. The fourth-order valence-electron chi connectivity index (χ4n) is 2.75. The largest absolute Gasteiger partial charge is 0.502 e. The van der Waals surface area contributed by atoms with Gasteiger partial charge in [-0.1, -0.05) is 26.0 Å². The van der Waals surface area contributed by atoms with Crippen molar-refractivity contribution in [2.45, 2.75) is 43.3 Å². The van der Waals surface area contributed by atoms with E-state index in [1.165, 1.54) is 31.0 Å². The van der Waals surface area contributed by atoms with Crippen molar-refractivity contribution in [1.82, 2.24) is 0 Å². The molecule has 1 atom stereocenters. The second-order valence-electron chi connectivity index (χ2n) is 6.62. The van der Waals surface area contributed by atoms with Crippen LogP contribution in [0.1, 0.15) is 44.1 Å². The van der Waals surface area contributed by atoms with Crippen LogP contribution in [0, 0.1) is 11.7 Å². The number of halogens is 1. The molecule has 2 rings (SSSR count). The van der Waals surface area contributed by atoms with E-state index in [0.29, 0.717) is 17.1 Å². The number of carbonyl (C=O) groups is 1. The molecule has 1 aromatic heterocycles. The van der Waals surface area contributed by atoms with Crippen molar-refractivity contribution < 1.29 is 23.4 Å². The number of carbonyl (C=O) groups excluding carboxylic acids is 1. The summed E-state index contributed by atoms with van der Waals surface area (Å²) in [4.78, 5) is 24.3. The molecule has 1 unspecified atom stereocenters. The first kappa shape index (κ1) is 21.0. The highest BCUT2D eigenvalue weighted by molar-refractivity contribution is 7.98. The maximum Gasteiger partial charge on any atom is 0.306 e. The third-order valence-corrected chi connectivity index (χ3v) is 5.04. The van der Waals surface area contributed by atoms with E-state index in [4.69, 9.17) is 9.15 Å². The van der Waals surface area contributed by atoms with Crippen molar-refractivity contribution in [3.8, 4) is 5.75 Å². The van der Waals surface area contributed by atoms with Gasteiger partial charge in [-0.25, -0.2) is 4.39 Å². The zero-order valence-corrected chi connectivity index (χ0v) is 16.3. The molecule has 0 saturated heterocycles. The summed E-state index contributed by atoms with van der Waals surface area (Å²) in [6.45, 7) is 3.94. The number of rotatable bonds is 8. The molecule has 146 valence electrons. The summed E-state index contributed by atoms with van der Waals surface area (Å²) in [5.41, 5.74) is -0.584. The molecule has 0 aliphatic rings. The van der Waals surface area contributed by atoms with Gasteiger partial charge in [0.2, 0.25) is 11.2 Å². The maximum atomic E-state index is 13.8. The van der Waals surface area contributed by atoms with Crippen molar-refractivity contribution >= 4 is 17.7 Å². The number of thioether (sulfide) groups is 1. The van der Waals surface area contributed by atoms with Crippen molar-refractivity contribution in [3.63, 3.8) is 0 Å². The Bertz CT molecular complexity index is 847. The summed E-state index contributed by atoms with van der Waals surface area (Å²) >= 11 is 1.19. The fourth-order valence-corrected chi connectivity index (χ4v) is 3.57. The molecule has 0 aliphatic carbocycles. The number of ether oxygens (including phenoxy) is 1. The van der Waals surface area contributed by atoms with Gasteiger partial charge in [-0.15, -0.1) is 11.8 Å². The van der Waals surface area contributed by atoms with Gasteiger partial charge in [0.15, 0.2) is 5.76 Å². The summed E-state index contributed by atoms with van der Waals surface area (Å²) in [5.74, 6) is -0.976. The van der Waals surface area contributed by atoms with Crippen LogP contribution in [0.15, 0.2) is 44.4 Å². The van der Waals surface area contributed by atoms with Gasteiger partial charge in [0.05, 0.1) is 19.3 Å². The molecule has 0 fully saturated rings. The highest BCUT2D eigenvalue weighted by Gasteiger charge is 2.25. The van der Waals surface area contributed by atoms with Gasteiger partial charge < -0.3 is 14.3 Å². The lowest BCUT2D eigenvalue weighted by Crippen LogP contribution is -2.14. The Hall–Kier alpha value is -2.28. The molecule has 0 aliphatic heterocycles. The van der Waals surface area contributed by atoms with E-state index in [1.54, 1.807) is 18.2 Å². The number of hydrogen-bond donors (Lipinski definition) is 1. The summed E-state index contributed by atoms with van der Waals surface area (Å²) in [6.07, 6.45) is 0.532. The van der Waals surface area contributed by atoms with Gasteiger partial charge in [0, 0.05) is 16.9 Å². The average Bonchev–Trinajstić information content (AvgIpc) is 2.62. The SMILES string of the molecule is COC(=O)CC(CC(C)C)c1oc(CSc2ccccc2F)cc(=O)c1O. The minimum Gasteiger partial charge on any atom is -0.502 e. The second kappa shape index (κ2) is 9.60. The highest BCUT2D eigenvalue weighted by atomic mass is 32.2. The number of aromatic hydroxyl groups is 1. The Kier molecular flexibility index (Phi) is 7.47. The van der Waals surface area contributed by atoms with E-state index in [1.807, 2.05) is 13.8 Å². The summed E-state index contributed by atoms with van der Waals surface area (Å²) < 4.78 is 24.2. The Morgan fingerprint density at radius 3 is 2.67 bits per heavy atom. The van der Waals surface area contributed by atoms with E-state index < -0.39 is 23.1 Å². The zero-order chi connectivity index (χ0) is 20.0. The Balaban J connectivity index is 2.30. The van der Waals surface area contributed by atoms with Gasteiger partial charge in [-0.05, 0) is 24.5 Å². The molecule has 1 aromatic carbocycles. The van der Waals surface area contributed by atoms with Crippen molar-refractivity contribution in [2.75, 3.05) is 7.11 Å². The quantitative estimate of drug-likeness (QED) is 0.526. The van der Waals surface area contributed by atoms with Crippen molar-refractivity contribution in [1.29, 1.82) is 0 Å². The van der Waals surface area contributed by atoms with Crippen LogP contribution in [0.25, 0.3) is 0 Å². The van der Waals surface area contributed by atoms with Crippen molar-refractivity contribution in [2.24, 2.45) is 5.92 Å². The van der Waals surface area contributed by atoms with Crippen LogP contribution in [0.5, 0.6) is 5.75 Å². The van der Waals surface area contributed by atoms with Crippen LogP contribution in [0.3, 0.4) is 0 Å². The van der Waals surface area contributed by atoms with Crippen molar-refractivity contribution in [3.05, 3.63) is 57.9 Å². The minimum absolute atomic E-state index is 0.00487. The molecule has 1 heterocycles. The molecule has 0 spiro atoms. The first-order chi connectivity index (χ1) is 12.8. The summed E-state index contributed by atoms with van der Waals surface area (Å²) in [6, 6.07) is 7.51. The van der Waals surface area contributed by atoms with E-state index in [0.717, 1.165) is 0 Å². The standard InChI is InChI=1S/C20H23FO5S/c1-12(2)8-13(9-18(23)25-3)20-19(24)16(22)10-14(26-20)11-27-17-7-5-4-6-15(17)21/h4-7,10,12-13,24H,8-9,11H2,1-3H3. The third-order valence-electron chi connectivity index (χ3n) is 3.97. The molecule has 7 heteroatoms. The predicted molar refractivity (Wildman–Crippen MR) is 101 cm³/mol. The lowest BCUT2D eigenvalue weighted by molar-refractivity contribution is -0.141. The van der Waals surface area contributed by atoms with Crippen LogP contribution >= 0.6 is 11.8 Å². The lowest BCUT2D eigenvalue weighted by Gasteiger charge is -2.18. The summed E-state index contributed by atoms with van der Waals surface area (Å²) in [7, 11) is 1.28. The topological polar surface area (TPSA) is 76.7 Å². The molecule has 0 saturated carbocycles. The van der Waals surface area contributed by atoms with Gasteiger partial charge in [0.1, 0.15) is 11.6 Å². The number of methoxy groups -OCH3 is 1. The average molecular weight is 394 g/mol. The second-order valence-corrected chi connectivity index (χ2v) is 7.63. The monoisotopic (exact) mass is 394 g/mol. The molecule has 0 bridgehead atoms. The van der Waals surface area contributed by atoms with Gasteiger partial charge >= 0.3 is 5.97 Å². The van der Waals surface area contributed by atoms with Crippen LogP contribution in [0.2, 0.25) is 0 Å². The predicted octanol–water partition coefficient (Wildman–Crippen LogP) is 4.47. The number of esters is 1. The maximum absolute atomic E-state index is 13.8. The van der Waals surface area contributed by atoms with Gasteiger partial charge in [0.25, 0.3) is 0 Å². The fraction of sp³-hybridized carbons (Fsp3) is 0.400. The van der Waals surface area contributed by atoms with E-state index in [9.17, 15) is 19.1 Å². The van der Waals surface area contributed by atoms with E-state index in [2.05, 4.69) is 0 Å². The van der Waals surface area contributed by atoms with Gasteiger partial charge in [-0.2, -0.15) is 0 Å². The Labute approximate surface area is 161 Å². The molecule has 0 amide bonds. The van der Waals surface area contributed by atoms with E-state index in [-0.39, 0.29) is 29.7 Å². The molecule has 27 heavy (non-hydrogen) atoms. The highest BCUT2D eigenvalue weighted by Crippen LogP contribution is 2.34.